The fourth-order valence-corrected chi connectivity index (χ4v) is 1.29. The van der Waals surface area contributed by atoms with E-state index in [9.17, 15) is 18.3 Å². The van der Waals surface area contributed by atoms with Crippen molar-refractivity contribution in [3.05, 3.63) is 0 Å². The van der Waals surface area contributed by atoms with Gasteiger partial charge in [-0.1, -0.05) is 20.8 Å². The first kappa shape index (κ1) is 15.7. The molecule has 1 unspecified atom stereocenters. The van der Waals surface area contributed by atoms with Crippen LogP contribution < -0.4 is 5.32 Å². The van der Waals surface area contributed by atoms with E-state index in [1.54, 1.807) is 0 Å². The molecule has 0 aromatic heterocycles. The van der Waals surface area contributed by atoms with E-state index >= 15 is 0 Å². The molecular formula is C10H20F3NO2. The molecule has 0 aromatic carbocycles. The van der Waals surface area contributed by atoms with Gasteiger partial charge in [-0.05, 0) is 11.8 Å². The third-order valence-electron chi connectivity index (χ3n) is 1.77. The number of rotatable bonds is 6. The van der Waals surface area contributed by atoms with Crippen molar-refractivity contribution in [1.82, 2.24) is 5.32 Å². The van der Waals surface area contributed by atoms with Crippen LogP contribution in [0.15, 0.2) is 0 Å². The van der Waals surface area contributed by atoms with Crippen LogP contribution in [0.5, 0.6) is 0 Å². The number of aliphatic hydroxyl groups excluding tert-OH is 1. The molecule has 16 heavy (non-hydrogen) atoms. The monoisotopic (exact) mass is 243 g/mol. The highest BCUT2D eigenvalue weighted by molar-refractivity contribution is 4.69. The maximum Gasteiger partial charge on any atom is 0.522 e. The molecule has 0 spiro atoms. The Hall–Kier alpha value is -0.330. The SMILES string of the molecule is CC(C)(C)CC(O)CNCCOC(F)(F)F. The molecule has 0 bridgehead atoms. The summed E-state index contributed by atoms with van der Waals surface area (Å²) in [6.07, 6.45) is -4.53. The van der Waals surface area contributed by atoms with Crippen LogP contribution >= 0.6 is 0 Å². The number of halogens is 3. The Morgan fingerprint density at radius 2 is 1.81 bits per heavy atom. The van der Waals surface area contributed by atoms with Gasteiger partial charge in [0.1, 0.15) is 0 Å². The fraction of sp³-hybridized carbons (Fsp3) is 1.00. The lowest BCUT2D eigenvalue weighted by Crippen LogP contribution is -2.33. The second-order valence-electron chi connectivity index (χ2n) is 4.92. The molecule has 0 radical (unpaired) electrons. The molecule has 3 nitrogen and oxygen atoms in total. The normalized spacial score (nSPS) is 15.2. The van der Waals surface area contributed by atoms with Gasteiger partial charge in [0, 0.05) is 13.1 Å². The van der Waals surface area contributed by atoms with E-state index in [2.05, 4.69) is 10.1 Å². The number of aliphatic hydroxyl groups is 1. The first-order chi connectivity index (χ1) is 7.10. The smallest absolute Gasteiger partial charge is 0.392 e. The van der Waals surface area contributed by atoms with Crippen LogP contribution in [0.4, 0.5) is 13.2 Å². The Balaban J connectivity index is 3.45. The van der Waals surface area contributed by atoms with Crippen LogP contribution in [0.25, 0.3) is 0 Å². The van der Waals surface area contributed by atoms with Crippen LogP contribution in [0, 0.1) is 5.41 Å². The summed E-state index contributed by atoms with van der Waals surface area (Å²) >= 11 is 0. The Kier molecular flexibility index (Phi) is 6.28. The van der Waals surface area contributed by atoms with Crippen molar-refractivity contribution in [1.29, 1.82) is 0 Å². The summed E-state index contributed by atoms with van der Waals surface area (Å²) in [6, 6.07) is 0. The number of alkyl halides is 3. The molecule has 0 rings (SSSR count). The molecule has 0 aromatic rings. The van der Waals surface area contributed by atoms with E-state index in [4.69, 9.17) is 0 Å². The van der Waals surface area contributed by atoms with Crippen molar-refractivity contribution < 1.29 is 23.0 Å². The van der Waals surface area contributed by atoms with E-state index in [1.165, 1.54) is 0 Å². The lowest BCUT2D eigenvalue weighted by atomic mass is 9.89. The van der Waals surface area contributed by atoms with Gasteiger partial charge < -0.3 is 10.4 Å². The zero-order chi connectivity index (χ0) is 12.8. The third-order valence-corrected chi connectivity index (χ3v) is 1.77. The van der Waals surface area contributed by atoms with Crippen LogP contribution in [-0.4, -0.2) is 37.3 Å². The largest absolute Gasteiger partial charge is 0.522 e. The van der Waals surface area contributed by atoms with Crippen molar-refractivity contribution >= 4 is 0 Å². The maximum absolute atomic E-state index is 11.6. The lowest BCUT2D eigenvalue weighted by molar-refractivity contribution is -0.323. The van der Waals surface area contributed by atoms with Crippen molar-refractivity contribution in [2.24, 2.45) is 5.41 Å². The first-order valence-corrected chi connectivity index (χ1v) is 5.20. The topological polar surface area (TPSA) is 41.5 Å². The van der Waals surface area contributed by atoms with E-state index in [0.29, 0.717) is 6.42 Å². The van der Waals surface area contributed by atoms with Gasteiger partial charge in [0.15, 0.2) is 0 Å². The third kappa shape index (κ3) is 11.7. The minimum Gasteiger partial charge on any atom is -0.392 e. The van der Waals surface area contributed by atoms with Crippen molar-refractivity contribution in [3.8, 4) is 0 Å². The second-order valence-corrected chi connectivity index (χ2v) is 4.92. The Labute approximate surface area is 94.0 Å². The van der Waals surface area contributed by atoms with E-state index < -0.39 is 19.1 Å². The van der Waals surface area contributed by atoms with Crippen LogP contribution in [0.2, 0.25) is 0 Å². The highest BCUT2D eigenvalue weighted by atomic mass is 19.4. The number of nitrogens with one attached hydrogen (secondary N) is 1. The van der Waals surface area contributed by atoms with Gasteiger partial charge in [-0.15, -0.1) is 13.2 Å². The second kappa shape index (κ2) is 6.42. The van der Waals surface area contributed by atoms with Crippen LogP contribution in [-0.2, 0) is 4.74 Å². The quantitative estimate of drug-likeness (QED) is 0.700. The molecule has 0 amide bonds. The zero-order valence-corrected chi connectivity index (χ0v) is 9.90. The predicted molar refractivity (Wildman–Crippen MR) is 55.0 cm³/mol. The molecule has 0 fully saturated rings. The fourth-order valence-electron chi connectivity index (χ4n) is 1.29. The Morgan fingerprint density at radius 1 is 1.25 bits per heavy atom. The van der Waals surface area contributed by atoms with Gasteiger partial charge in [-0.25, -0.2) is 0 Å². The van der Waals surface area contributed by atoms with Gasteiger partial charge >= 0.3 is 6.36 Å². The molecule has 0 aliphatic rings. The maximum atomic E-state index is 11.6. The summed E-state index contributed by atoms with van der Waals surface area (Å²) in [5.41, 5.74) is 0.00354. The van der Waals surface area contributed by atoms with Crippen molar-refractivity contribution in [2.45, 2.75) is 39.7 Å². The average Bonchev–Trinajstić information content (AvgIpc) is 1.97. The number of ether oxygens (including phenoxy) is 1. The minimum atomic E-state index is -4.58. The average molecular weight is 243 g/mol. The van der Waals surface area contributed by atoms with Crippen molar-refractivity contribution in [2.75, 3.05) is 19.7 Å². The Bertz CT molecular complexity index is 189. The van der Waals surface area contributed by atoms with E-state index in [1.807, 2.05) is 20.8 Å². The molecular weight excluding hydrogens is 223 g/mol. The number of hydrogen-bond acceptors (Lipinski definition) is 3. The van der Waals surface area contributed by atoms with Crippen LogP contribution in [0.1, 0.15) is 27.2 Å². The molecule has 0 heterocycles. The molecule has 2 N–H and O–H groups in total. The highest BCUT2D eigenvalue weighted by Gasteiger charge is 2.28. The predicted octanol–water partition coefficient (Wildman–Crippen LogP) is 1.91. The van der Waals surface area contributed by atoms with Gasteiger partial charge in [0.05, 0.1) is 12.7 Å². The van der Waals surface area contributed by atoms with Gasteiger partial charge in [0.2, 0.25) is 0 Å². The summed E-state index contributed by atoms with van der Waals surface area (Å²) < 4.78 is 38.3. The molecule has 0 aliphatic carbocycles. The van der Waals surface area contributed by atoms with E-state index in [0.717, 1.165) is 0 Å². The number of hydrogen-bond donors (Lipinski definition) is 2. The van der Waals surface area contributed by atoms with Gasteiger partial charge in [0.25, 0.3) is 0 Å². The molecule has 1 atom stereocenters. The van der Waals surface area contributed by atoms with Crippen molar-refractivity contribution in [3.63, 3.8) is 0 Å². The molecule has 0 saturated carbocycles. The minimum absolute atomic E-state index is 0.00354. The summed E-state index contributed by atoms with van der Waals surface area (Å²) in [4.78, 5) is 0. The zero-order valence-electron chi connectivity index (χ0n) is 9.90. The lowest BCUT2D eigenvalue weighted by Gasteiger charge is -2.22. The van der Waals surface area contributed by atoms with Crippen LogP contribution in [0.3, 0.4) is 0 Å². The van der Waals surface area contributed by atoms with Gasteiger partial charge in [-0.2, -0.15) is 0 Å². The standard InChI is InChI=1S/C10H20F3NO2/c1-9(2,3)6-8(15)7-14-4-5-16-10(11,12)13/h8,14-15H,4-7H2,1-3H3. The summed E-state index contributed by atoms with van der Waals surface area (Å²) in [5, 5.41) is 12.2. The van der Waals surface area contributed by atoms with Gasteiger partial charge in [-0.3, -0.25) is 4.74 Å². The molecule has 6 heteroatoms. The van der Waals surface area contributed by atoms with E-state index in [-0.39, 0.29) is 18.5 Å². The first-order valence-electron chi connectivity index (χ1n) is 5.20. The summed E-state index contributed by atoms with van der Waals surface area (Å²) in [7, 11) is 0. The molecule has 98 valence electrons. The molecule has 0 saturated heterocycles. The Morgan fingerprint density at radius 3 is 2.25 bits per heavy atom. The highest BCUT2D eigenvalue weighted by Crippen LogP contribution is 2.20. The summed E-state index contributed by atoms with van der Waals surface area (Å²) in [5.74, 6) is 0. The summed E-state index contributed by atoms with van der Waals surface area (Å²) in [6.45, 7) is 5.87. The molecule has 0 aliphatic heterocycles.